The zero-order chi connectivity index (χ0) is 15.1. The molecule has 21 heavy (non-hydrogen) atoms. The molecule has 6 heteroatoms. The van der Waals surface area contributed by atoms with Gasteiger partial charge in [0.25, 0.3) is 11.7 Å². The highest BCUT2D eigenvalue weighted by atomic mass is 79.9. The van der Waals surface area contributed by atoms with Crippen LogP contribution in [-0.4, -0.2) is 16.7 Å². The van der Waals surface area contributed by atoms with Crippen LogP contribution in [0.2, 0.25) is 0 Å². The molecular formula is C15H13BrN2O2S. The van der Waals surface area contributed by atoms with Gasteiger partial charge in [-0.15, -0.1) is 11.3 Å². The van der Waals surface area contributed by atoms with Gasteiger partial charge < -0.3 is 0 Å². The summed E-state index contributed by atoms with van der Waals surface area (Å²) in [6.07, 6.45) is 0. The summed E-state index contributed by atoms with van der Waals surface area (Å²) in [5.74, 6) is -0.583. The maximum Gasteiger partial charge on any atom is 0.299 e. The van der Waals surface area contributed by atoms with Crippen molar-refractivity contribution in [3.05, 3.63) is 44.3 Å². The number of ketones is 1. The SMILES string of the molecule is CC(C)c1nc(CN2C(=O)C(=O)c3cccc(Br)c32)cs1. The quantitative estimate of drug-likeness (QED) is 0.779. The van der Waals surface area contributed by atoms with Gasteiger partial charge in [0.15, 0.2) is 0 Å². The van der Waals surface area contributed by atoms with E-state index in [0.717, 1.165) is 15.2 Å². The fourth-order valence-corrected chi connectivity index (χ4v) is 3.69. The van der Waals surface area contributed by atoms with Crippen molar-refractivity contribution in [1.82, 2.24) is 4.98 Å². The Kier molecular flexibility index (Phi) is 3.67. The van der Waals surface area contributed by atoms with Crippen LogP contribution in [-0.2, 0) is 11.3 Å². The van der Waals surface area contributed by atoms with Crippen molar-refractivity contribution in [3.63, 3.8) is 0 Å². The minimum Gasteiger partial charge on any atom is -0.298 e. The number of benzene rings is 1. The van der Waals surface area contributed by atoms with Crippen molar-refractivity contribution in [2.45, 2.75) is 26.3 Å². The summed E-state index contributed by atoms with van der Waals surface area (Å²) in [4.78, 5) is 30.3. The molecule has 0 unspecified atom stereocenters. The monoisotopic (exact) mass is 364 g/mol. The first-order valence-electron chi connectivity index (χ1n) is 6.58. The molecule has 2 heterocycles. The second-order valence-electron chi connectivity index (χ2n) is 5.19. The number of hydrogen-bond acceptors (Lipinski definition) is 4. The Hall–Kier alpha value is -1.53. The van der Waals surface area contributed by atoms with Gasteiger partial charge in [0.2, 0.25) is 0 Å². The van der Waals surface area contributed by atoms with E-state index in [4.69, 9.17) is 0 Å². The predicted octanol–water partition coefficient (Wildman–Crippen LogP) is 3.76. The smallest absolute Gasteiger partial charge is 0.298 e. The average molecular weight is 365 g/mol. The Balaban J connectivity index is 1.96. The molecular weight excluding hydrogens is 352 g/mol. The van der Waals surface area contributed by atoms with Crippen molar-refractivity contribution >= 4 is 44.6 Å². The van der Waals surface area contributed by atoms with E-state index in [-0.39, 0.29) is 0 Å². The number of para-hydroxylation sites is 1. The standard InChI is InChI=1S/C15H13BrN2O2S/c1-8(2)14-17-9(7-21-14)6-18-12-10(13(19)15(18)20)4-3-5-11(12)16/h3-5,7-8H,6H2,1-2H3. The van der Waals surface area contributed by atoms with Gasteiger partial charge in [0.05, 0.1) is 28.5 Å². The zero-order valence-corrected chi connectivity index (χ0v) is 14.0. The van der Waals surface area contributed by atoms with E-state index in [1.54, 1.807) is 23.5 Å². The summed E-state index contributed by atoms with van der Waals surface area (Å²) in [7, 11) is 0. The van der Waals surface area contributed by atoms with Crippen LogP contribution in [0.5, 0.6) is 0 Å². The highest BCUT2D eigenvalue weighted by Crippen LogP contribution is 2.37. The van der Waals surface area contributed by atoms with E-state index in [1.807, 2.05) is 11.4 Å². The highest BCUT2D eigenvalue weighted by Gasteiger charge is 2.37. The van der Waals surface area contributed by atoms with Crippen LogP contribution in [0.4, 0.5) is 5.69 Å². The molecule has 0 bridgehead atoms. The van der Waals surface area contributed by atoms with E-state index >= 15 is 0 Å². The second kappa shape index (κ2) is 5.35. The van der Waals surface area contributed by atoms with Crippen LogP contribution in [0.15, 0.2) is 28.1 Å². The Morgan fingerprint density at radius 2 is 2.10 bits per heavy atom. The highest BCUT2D eigenvalue weighted by molar-refractivity contribution is 9.10. The third-order valence-corrected chi connectivity index (χ3v) is 5.16. The maximum absolute atomic E-state index is 12.2. The van der Waals surface area contributed by atoms with Crippen molar-refractivity contribution in [2.75, 3.05) is 4.90 Å². The van der Waals surface area contributed by atoms with Crippen LogP contribution in [0.3, 0.4) is 0 Å². The number of carbonyl (C=O) groups excluding carboxylic acids is 2. The summed E-state index contributed by atoms with van der Waals surface area (Å²) < 4.78 is 0.749. The van der Waals surface area contributed by atoms with Crippen molar-refractivity contribution in [3.8, 4) is 0 Å². The molecule has 1 amide bonds. The van der Waals surface area contributed by atoms with Gasteiger partial charge >= 0.3 is 0 Å². The third kappa shape index (κ3) is 2.42. The van der Waals surface area contributed by atoms with Gasteiger partial charge in [0.1, 0.15) is 0 Å². The molecule has 0 saturated carbocycles. The number of halogens is 1. The van der Waals surface area contributed by atoms with Gasteiger partial charge in [0, 0.05) is 15.8 Å². The van der Waals surface area contributed by atoms with Gasteiger partial charge in [-0.1, -0.05) is 19.9 Å². The number of aromatic nitrogens is 1. The number of hydrogen-bond donors (Lipinski definition) is 0. The van der Waals surface area contributed by atoms with Gasteiger partial charge in [-0.05, 0) is 28.1 Å². The summed E-state index contributed by atoms with van der Waals surface area (Å²) in [6, 6.07) is 5.27. The first-order chi connectivity index (χ1) is 9.99. The fourth-order valence-electron chi connectivity index (χ4n) is 2.29. The van der Waals surface area contributed by atoms with Gasteiger partial charge in [-0.3, -0.25) is 14.5 Å². The second-order valence-corrected chi connectivity index (χ2v) is 6.93. The number of fused-ring (bicyclic) bond motifs is 1. The minimum atomic E-state index is -0.490. The lowest BCUT2D eigenvalue weighted by Gasteiger charge is -2.16. The molecule has 1 aliphatic heterocycles. The third-order valence-electron chi connectivity index (χ3n) is 3.32. The Bertz CT molecular complexity index is 739. The number of rotatable bonds is 3. The number of amides is 1. The van der Waals surface area contributed by atoms with Crippen molar-refractivity contribution < 1.29 is 9.59 Å². The number of carbonyl (C=O) groups is 2. The molecule has 2 aromatic rings. The number of Topliss-reactive ketones (excluding diaryl/α,β-unsaturated/α-hetero) is 1. The molecule has 0 atom stereocenters. The van der Waals surface area contributed by atoms with E-state index in [9.17, 15) is 9.59 Å². The van der Waals surface area contributed by atoms with Gasteiger partial charge in [-0.25, -0.2) is 4.98 Å². The molecule has 4 nitrogen and oxygen atoms in total. The molecule has 3 rings (SSSR count). The zero-order valence-electron chi connectivity index (χ0n) is 11.6. The van der Waals surface area contributed by atoms with Crippen LogP contribution in [0.1, 0.15) is 40.8 Å². The average Bonchev–Trinajstić information content (AvgIpc) is 3.00. The maximum atomic E-state index is 12.2. The molecule has 0 fully saturated rings. The number of nitrogens with zero attached hydrogens (tertiary/aromatic N) is 2. The Morgan fingerprint density at radius 3 is 2.76 bits per heavy atom. The van der Waals surface area contributed by atoms with Crippen LogP contribution in [0, 0.1) is 0 Å². The Morgan fingerprint density at radius 1 is 1.33 bits per heavy atom. The van der Waals surface area contributed by atoms with E-state index in [2.05, 4.69) is 34.8 Å². The van der Waals surface area contributed by atoms with Crippen LogP contribution < -0.4 is 4.90 Å². The summed E-state index contributed by atoms with van der Waals surface area (Å²) in [5.41, 5.74) is 1.91. The lowest BCUT2D eigenvalue weighted by Crippen LogP contribution is -2.29. The van der Waals surface area contributed by atoms with Crippen LogP contribution in [0.25, 0.3) is 0 Å². The molecule has 0 radical (unpaired) electrons. The van der Waals surface area contributed by atoms with Crippen molar-refractivity contribution in [2.24, 2.45) is 0 Å². The summed E-state index contributed by atoms with van der Waals surface area (Å²) >= 11 is 5.00. The predicted molar refractivity (Wildman–Crippen MR) is 85.9 cm³/mol. The molecule has 0 N–H and O–H groups in total. The first-order valence-corrected chi connectivity index (χ1v) is 8.25. The normalized spacial score (nSPS) is 14.2. The lowest BCUT2D eigenvalue weighted by molar-refractivity contribution is -0.114. The largest absolute Gasteiger partial charge is 0.299 e. The number of anilines is 1. The summed E-state index contributed by atoms with van der Waals surface area (Å²) in [5, 5.41) is 2.98. The molecule has 1 aliphatic rings. The molecule has 0 aliphatic carbocycles. The lowest BCUT2D eigenvalue weighted by atomic mass is 10.1. The van der Waals surface area contributed by atoms with Gasteiger partial charge in [-0.2, -0.15) is 0 Å². The molecule has 1 aromatic carbocycles. The Labute approximate surface area is 134 Å². The summed E-state index contributed by atoms with van der Waals surface area (Å²) in [6.45, 7) is 4.49. The van der Waals surface area contributed by atoms with E-state index < -0.39 is 11.7 Å². The number of thiazole rings is 1. The van der Waals surface area contributed by atoms with Crippen LogP contribution >= 0.6 is 27.3 Å². The van der Waals surface area contributed by atoms with E-state index in [1.165, 1.54) is 4.90 Å². The minimum absolute atomic E-state index is 0.323. The van der Waals surface area contributed by atoms with Crippen molar-refractivity contribution in [1.29, 1.82) is 0 Å². The molecule has 0 spiro atoms. The topological polar surface area (TPSA) is 50.3 Å². The van der Waals surface area contributed by atoms with E-state index in [0.29, 0.717) is 23.7 Å². The first kappa shape index (κ1) is 14.4. The molecule has 108 valence electrons. The fraction of sp³-hybridized carbons (Fsp3) is 0.267. The molecule has 0 saturated heterocycles. The molecule has 1 aromatic heterocycles.